The van der Waals surface area contributed by atoms with Crippen molar-refractivity contribution >= 4 is 21.5 Å². The third kappa shape index (κ3) is 5.35. The highest BCUT2D eigenvalue weighted by molar-refractivity contribution is 7.90. The molecule has 0 heterocycles. The monoisotopic (exact) mass is 257 g/mol. The average Bonchev–Trinajstić information content (AvgIpc) is 2.26. The molecular weight excluding hydrogens is 242 g/mol. The molecule has 0 aliphatic heterocycles. The second-order valence-corrected chi connectivity index (χ2v) is 5.84. The van der Waals surface area contributed by atoms with E-state index in [2.05, 4.69) is 10.1 Å². The largest absolute Gasteiger partial charge is 0.469 e. The topological polar surface area (TPSA) is 72.5 Å². The molecule has 1 rings (SSSR count). The number of sulfone groups is 1. The van der Waals surface area contributed by atoms with E-state index in [0.29, 0.717) is 5.69 Å². The fourth-order valence-corrected chi connectivity index (χ4v) is 1.67. The number of nitrogens with one attached hydrogen (secondary N) is 1. The molecule has 0 spiro atoms. The Morgan fingerprint density at radius 3 is 2.71 bits per heavy atom. The minimum absolute atomic E-state index is 0.130. The Hall–Kier alpha value is -1.56. The summed E-state index contributed by atoms with van der Waals surface area (Å²) in [6.07, 6.45) is 1.32. The lowest BCUT2D eigenvalue weighted by molar-refractivity contribution is -0.139. The molecule has 0 unspecified atom stereocenters. The normalized spacial score (nSPS) is 10.9. The quantitative estimate of drug-likeness (QED) is 0.790. The van der Waals surface area contributed by atoms with Gasteiger partial charge in [-0.25, -0.2) is 8.42 Å². The van der Waals surface area contributed by atoms with E-state index in [-0.39, 0.29) is 18.3 Å². The zero-order valence-electron chi connectivity index (χ0n) is 9.76. The standard InChI is InChI=1S/C11H15NO4S/c1-16-11(13)7-9-4-3-5-10(6-9)12-8-17(2,14)15/h3-6,12H,7-8H2,1-2H3. The van der Waals surface area contributed by atoms with E-state index in [0.717, 1.165) is 11.8 Å². The van der Waals surface area contributed by atoms with Crippen molar-refractivity contribution in [2.45, 2.75) is 6.42 Å². The lowest BCUT2D eigenvalue weighted by Gasteiger charge is -2.06. The van der Waals surface area contributed by atoms with Crippen LogP contribution in [0.5, 0.6) is 0 Å². The zero-order chi connectivity index (χ0) is 12.9. The van der Waals surface area contributed by atoms with Crippen molar-refractivity contribution in [3.8, 4) is 0 Å². The van der Waals surface area contributed by atoms with Gasteiger partial charge in [0.2, 0.25) is 0 Å². The van der Waals surface area contributed by atoms with Crippen LogP contribution >= 0.6 is 0 Å². The van der Waals surface area contributed by atoms with Crippen LogP contribution in [-0.4, -0.2) is 33.6 Å². The molecule has 0 radical (unpaired) electrons. The van der Waals surface area contributed by atoms with Crippen molar-refractivity contribution in [1.29, 1.82) is 0 Å². The van der Waals surface area contributed by atoms with Crippen LogP contribution in [0.1, 0.15) is 5.56 Å². The highest BCUT2D eigenvalue weighted by Crippen LogP contribution is 2.11. The molecule has 0 atom stereocenters. The lowest BCUT2D eigenvalue weighted by atomic mass is 10.1. The summed E-state index contributed by atoms with van der Waals surface area (Å²) in [7, 11) is -1.74. The molecule has 0 aliphatic rings. The SMILES string of the molecule is COC(=O)Cc1cccc(NCS(C)(=O)=O)c1. The Labute approximate surface area is 101 Å². The van der Waals surface area contributed by atoms with Gasteiger partial charge in [-0.3, -0.25) is 4.79 Å². The van der Waals surface area contributed by atoms with Crippen LogP contribution in [0.4, 0.5) is 5.69 Å². The molecule has 1 aromatic rings. The van der Waals surface area contributed by atoms with E-state index < -0.39 is 9.84 Å². The molecule has 5 nitrogen and oxygen atoms in total. The molecule has 0 saturated heterocycles. The predicted molar refractivity (Wildman–Crippen MR) is 65.5 cm³/mol. The molecule has 0 aliphatic carbocycles. The van der Waals surface area contributed by atoms with Gasteiger partial charge in [-0.2, -0.15) is 0 Å². The van der Waals surface area contributed by atoms with Crippen LogP contribution in [0.25, 0.3) is 0 Å². The van der Waals surface area contributed by atoms with Crippen molar-refractivity contribution in [3.63, 3.8) is 0 Å². The number of hydrogen-bond acceptors (Lipinski definition) is 5. The number of hydrogen-bond donors (Lipinski definition) is 1. The fraction of sp³-hybridized carbons (Fsp3) is 0.364. The number of esters is 1. The molecule has 1 N–H and O–H groups in total. The van der Waals surface area contributed by atoms with Crippen LogP contribution in [0.2, 0.25) is 0 Å². The highest BCUT2D eigenvalue weighted by atomic mass is 32.2. The van der Waals surface area contributed by atoms with Crippen molar-refractivity contribution in [2.24, 2.45) is 0 Å². The first kappa shape index (κ1) is 13.5. The highest BCUT2D eigenvalue weighted by Gasteiger charge is 2.05. The van der Waals surface area contributed by atoms with E-state index in [1.807, 2.05) is 0 Å². The van der Waals surface area contributed by atoms with Crippen LogP contribution in [-0.2, 0) is 25.8 Å². The number of ether oxygens (including phenoxy) is 1. The van der Waals surface area contributed by atoms with Gasteiger partial charge in [-0.15, -0.1) is 0 Å². The summed E-state index contributed by atoms with van der Waals surface area (Å²) >= 11 is 0. The van der Waals surface area contributed by atoms with Crippen molar-refractivity contribution in [2.75, 3.05) is 24.6 Å². The van der Waals surface area contributed by atoms with Gasteiger partial charge in [-0.1, -0.05) is 12.1 Å². The maximum atomic E-state index is 11.1. The van der Waals surface area contributed by atoms with E-state index >= 15 is 0 Å². The number of methoxy groups -OCH3 is 1. The van der Waals surface area contributed by atoms with Crippen molar-refractivity contribution < 1.29 is 17.9 Å². The molecule has 0 amide bonds. The molecule has 0 bridgehead atoms. The number of anilines is 1. The second kappa shape index (κ2) is 5.67. The summed E-state index contributed by atoms with van der Waals surface area (Å²) in [4.78, 5) is 11.1. The first-order valence-corrected chi connectivity index (χ1v) is 7.04. The van der Waals surface area contributed by atoms with Crippen molar-refractivity contribution in [1.82, 2.24) is 0 Å². The first-order valence-electron chi connectivity index (χ1n) is 4.98. The van der Waals surface area contributed by atoms with Gasteiger partial charge < -0.3 is 10.1 Å². The predicted octanol–water partition coefficient (Wildman–Crippen LogP) is 0.816. The average molecular weight is 257 g/mol. The zero-order valence-corrected chi connectivity index (χ0v) is 10.6. The Morgan fingerprint density at radius 2 is 2.12 bits per heavy atom. The van der Waals surface area contributed by atoms with Crippen LogP contribution < -0.4 is 5.32 Å². The van der Waals surface area contributed by atoms with Crippen LogP contribution in [0, 0.1) is 0 Å². The Morgan fingerprint density at radius 1 is 1.41 bits per heavy atom. The van der Waals surface area contributed by atoms with E-state index in [1.165, 1.54) is 7.11 Å². The third-order valence-corrected chi connectivity index (χ3v) is 2.71. The number of rotatable bonds is 5. The maximum absolute atomic E-state index is 11.1. The minimum atomic E-state index is -3.07. The Bertz CT molecular complexity index is 496. The number of benzene rings is 1. The van der Waals surface area contributed by atoms with Gasteiger partial charge in [0.1, 0.15) is 5.88 Å². The molecule has 0 aromatic heterocycles. The number of carbonyl (C=O) groups excluding carboxylic acids is 1. The minimum Gasteiger partial charge on any atom is -0.469 e. The summed E-state index contributed by atoms with van der Waals surface area (Å²) in [5.74, 6) is -0.459. The molecule has 17 heavy (non-hydrogen) atoms. The lowest BCUT2D eigenvalue weighted by Crippen LogP contribution is -2.12. The maximum Gasteiger partial charge on any atom is 0.309 e. The smallest absolute Gasteiger partial charge is 0.309 e. The van der Waals surface area contributed by atoms with Crippen molar-refractivity contribution in [3.05, 3.63) is 29.8 Å². The van der Waals surface area contributed by atoms with Gasteiger partial charge in [0.05, 0.1) is 13.5 Å². The third-order valence-electron chi connectivity index (χ3n) is 2.04. The summed E-state index contributed by atoms with van der Waals surface area (Å²) in [6, 6.07) is 7.00. The van der Waals surface area contributed by atoms with E-state index in [9.17, 15) is 13.2 Å². The first-order chi connectivity index (χ1) is 7.90. The molecule has 6 heteroatoms. The molecule has 94 valence electrons. The fourth-order valence-electron chi connectivity index (χ4n) is 1.24. The molecule has 0 saturated carbocycles. The van der Waals surface area contributed by atoms with E-state index in [4.69, 9.17) is 0 Å². The van der Waals surface area contributed by atoms with E-state index in [1.54, 1.807) is 24.3 Å². The summed E-state index contributed by atoms with van der Waals surface area (Å²) in [5.41, 5.74) is 1.44. The molecule has 1 aromatic carbocycles. The summed E-state index contributed by atoms with van der Waals surface area (Å²) < 4.78 is 26.5. The van der Waals surface area contributed by atoms with Gasteiger partial charge >= 0.3 is 5.97 Å². The van der Waals surface area contributed by atoms with Gasteiger partial charge in [0.15, 0.2) is 9.84 Å². The summed E-state index contributed by atoms with van der Waals surface area (Å²) in [6.45, 7) is 0. The Kier molecular flexibility index (Phi) is 4.51. The molecular formula is C11H15NO4S. The number of carbonyl (C=O) groups is 1. The van der Waals surface area contributed by atoms with Crippen LogP contribution in [0.3, 0.4) is 0 Å². The molecule has 0 fully saturated rings. The second-order valence-electron chi connectivity index (χ2n) is 3.70. The Balaban J connectivity index is 2.69. The van der Waals surface area contributed by atoms with Crippen LogP contribution in [0.15, 0.2) is 24.3 Å². The van der Waals surface area contributed by atoms with Gasteiger partial charge in [0.25, 0.3) is 0 Å². The van der Waals surface area contributed by atoms with Gasteiger partial charge in [-0.05, 0) is 17.7 Å². The van der Waals surface area contributed by atoms with Gasteiger partial charge in [0, 0.05) is 11.9 Å². The summed E-state index contributed by atoms with van der Waals surface area (Å²) in [5, 5.41) is 2.78.